The lowest BCUT2D eigenvalue weighted by atomic mass is 10.1. The van der Waals surface area contributed by atoms with E-state index in [0.717, 1.165) is 24.8 Å². The number of carbonyl (C=O) groups excluding carboxylic acids is 1. The highest BCUT2D eigenvalue weighted by atomic mass is 19.1. The Morgan fingerprint density at radius 3 is 2.78 bits per heavy atom. The van der Waals surface area contributed by atoms with Gasteiger partial charge in [0.1, 0.15) is 17.2 Å². The van der Waals surface area contributed by atoms with Crippen LogP contribution in [-0.2, 0) is 4.74 Å². The standard InChI is InChI=1S/C26H28FN7O2/c1-4-9-32-13-18(11-19(32)14-36-3)34-26(29-2)24(25(28)35)21(31-34)8-5-16-10-22-23(12-20(16)27)33(15-30-22)17-6-7-17/h10,12,15,17-19,29H,6-7,11,13-14H2,1-3H3,(H2,28,35)/t18-,19+/m0/s1. The van der Waals surface area contributed by atoms with Crippen LogP contribution in [0.4, 0.5) is 10.2 Å². The summed E-state index contributed by atoms with van der Waals surface area (Å²) in [5, 5.41) is 7.69. The molecule has 3 heterocycles. The van der Waals surface area contributed by atoms with Crippen molar-refractivity contribution in [2.45, 2.75) is 44.3 Å². The zero-order valence-corrected chi connectivity index (χ0v) is 20.5. The van der Waals surface area contributed by atoms with Gasteiger partial charge in [0.05, 0.1) is 41.6 Å². The number of hydrogen-bond donors (Lipinski definition) is 2. The van der Waals surface area contributed by atoms with Crippen molar-refractivity contribution in [3.8, 4) is 23.8 Å². The number of carbonyl (C=O) groups is 1. The van der Waals surface area contributed by atoms with Gasteiger partial charge in [0.2, 0.25) is 0 Å². The number of nitrogens with one attached hydrogen (secondary N) is 1. The summed E-state index contributed by atoms with van der Waals surface area (Å²) in [6, 6.07) is 6.61. The van der Waals surface area contributed by atoms with E-state index in [1.807, 2.05) is 9.47 Å². The largest absolute Gasteiger partial charge is 0.383 e. The number of hydrogen-bond acceptors (Lipinski definition) is 6. The average molecular weight is 490 g/mol. The van der Waals surface area contributed by atoms with E-state index in [-0.39, 0.29) is 28.9 Å². The Morgan fingerprint density at radius 2 is 2.11 bits per heavy atom. The van der Waals surface area contributed by atoms with Crippen LogP contribution in [0.2, 0.25) is 0 Å². The maximum absolute atomic E-state index is 14.9. The maximum atomic E-state index is 14.9. The normalized spacial score (nSPS) is 19.1. The summed E-state index contributed by atoms with van der Waals surface area (Å²) in [7, 11) is 3.36. The van der Waals surface area contributed by atoms with E-state index >= 15 is 0 Å². The predicted molar refractivity (Wildman–Crippen MR) is 134 cm³/mol. The highest BCUT2D eigenvalue weighted by molar-refractivity contribution is 6.00. The van der Waals surface area contributed by atoms with Gasteiger partial charge in [-0.25, -0.2) is 14.1 Å². The second-order valence-electron chi connectivity index (χ2n) is 9.10. The number of aromatic nitrogens is 4. The number of fused-ring (bicyclic) bond motifs is 1. The first-order valence-corrected chi connectivity index (χ1v) is 11.9. The monoisotopic (exact) mass is 489 g/mol. The second-order valence-corrected chi connectivity index (χ2v) is 9.10. The fraction of sp³-hybridized carbons (Fsp3) is 0.423. The van der Waals surface area contributed by atoms with Gasteiger partial charge in [-0.3, -0.25) is 4.79 Å². The van der Waals surface area contributed by atoms with Gasteiger partial charge in [-0.2, -0.15) is 5.10 Å². The Hall–Kier alpha value is -4.02. The van der Waals surface area contributed by atoms with Crippen molar-refractivity contribution >= 4 is 22.8 Å². The SMILES string of the molecule is CC#CN1C[C@@H](n2nc(C#Cc3cc4ncn(C5CC5)c4cc3F)c(C(N)=O)c2NC)C[C@@H]1COC. The molecule has 1 amide bonds. The highest BCUT2D eigenvalue weighted by Gasteiger charge is 2.35. The van der Waals surface area contributed by atoms with E-state index in [1.54, 1.807) is 38.2 Å². The third-order valence-electron chi connectivity index (χ3n) is 6.67. The smallest absolute Gasteiger partial charge is 0.255 e. The number of primary amides is 1. The zero-order valence-electron chi connectivity index (χ0n) is 20.5. The Morgan fingerprint density at radius 1 is 1.31 bits per heavy atom. The van der Waals surface area contributed by atoms with Crippen LogP contribution < -0.4 is 11.1 Å². The third-order valence-corrected chi connectivity index (χ3v) is 6.67. The molecule has 2 aliphatic rings. The van der Waals surface area contributed by atoms with Gasteiger partial charge in [0.15, 0.2) is 5.69 Å². The first-order valence-electron chi connectivity index (χ1n) is 11.9. The Labute approximate surface area is 208 Å². The topological polar surface area (TPSA) is 103 Å². The van der Waals surface area contributed by atoms with Crippen molar-refractivity contribution in [3.05, 3.63) is 41.1 Å². The summed E-state index contributed by atoms with van der Waals surface area (Å²) >= 11 is 0. The number of likely N-dealkylation sites (tertiary alicyclic amines) is 1. The van der Waals surface area contributed by atoms with Crippen molar-refractivity contribution in [1.82, 2.24) is 24.2 Å². The molecule has 0 unspecified atom stereocenters. The van der Waals surface area contributed by atoms with Crippen molar-refractivity contribution in [1.29, 1.82) is 0 Å². The lowest BCUT2D eigenvalue weighted by molar-refractivity contribution is 0.100. The lowest BCUT2D eigenvalue weighted by Crippen LogP contribution is -2.28. The number of amides is 1. The van der Waals surface area contributed by atoms with Crippen LogP contribution in [0, 0.1) is 29.6 Å². The second kappa shape index (κ2) is 9.56. The first-order chi connectivity index (χ1) is 17.4. The quantitative estimate of drug-likeness (QED) is 0.516. The van der Waals surface area contributed by atoms with Gasteiger partial charge in [-0.05, 0) is 38.2 Å². The molecule has 0 bridgehead atoms. The van der Waals surface area contributed by atoms with Gasteiger partial charge in [-0.15, -0.1) is 0 Å². The summed E-state index contributed by atoms with van der Waals surface area (Å²) in [6.07, 6.45) is 4.63. The fourth-order valence-corrected chi connectivity index (χ4v) is 4.87. The minimum Gasteiger partial charge on any atom is -0.383 e. The van der Waals surface area contributed by atoms with Crippen LogP contribution in [-0.4, -0.2) is 63.5 Å². The van der Waals surface area contributed by atoms with Gasteiger partial charge >= 0.3 is 0 Å². The first kappa shape index (κ1) is 23.7. The summed E-state index contributed by atoms with van der Waals surface area (Å²) in [4.78, 5) is 18.8. The van der Waals surface area contributed by atoms with E-state index in [9.17, 15) is 9.18 Å². The van der Waals surface area contributed by atoms with Crippen molar-refractivity contribution in [2.75, 3.05) is 32.6 Å². The predicted octanol–water partition coefficient (Wildman–Crippen LogP) is 2.49. The molecule has 3 aromatic rings. The number of halogens is 1. The molecule has 1 aliphatic carbocycles. The number of benzene rings is 1. The number of methoxy groups -OCH3 is 1. The van der Waals surface area contributed by atoms with E-state index < -0.39 is 11.7 Å². The van der Waals surface area contributed by atoms with Gasteiger partial charge in [0, 0.05) is 38.9 Å². The molecule has 0 radical (unpaired) electrons. The molecule has 10 heteroatoms. The van der Waals surface area contributed by atoms with E-state index in [2.05, 4.69) is 39.2 Å². The molecule has 1 aliphatic heterocycles. The molecule has 2 fully saturated rings. The molecule has 3 N–H and O–H groups in total. The van der Waals surface area contributed by atoms with Gasteiger partial charge < -0.3 is 25.3 Å². The molecule has 36 heavy (non-hydrogen) atoms. The molecule has 5 rings (SSSR count). The van der Waals surface area contributed by atoms with Gasteiger partial charge in [-0.1, -0.05) is 11.8 Å². The van der Waals surface area contributed by atoms with E-state index in [0.29, 0.717) is 30.5 Å². The lowest BCUT2D eigenvalue weighted by Gasteiger charge is -2.18. The minimum absolute atomic E-state index is 0.0819. The van der Waals surface area contributed by atoms with Crippen molar-refractivity contribution in [3.63, 3.8) is 0 Å². The summed E-state index contributed by atoms with van der Waals surface area (Å²) < 4.78 is 24.1. The molecule has 9 nitrogen and oxygen atoms in total. The molecular weight excluding hydrogens is 461 g/mol. The van der Waals surface area contributed by atoms with E-state index in [1.165, 1.54) is 6.07 Å². The molecule has 1 saturated heterocycles. The third kappa shape index (κ3) is 4.25. The van der Waals surface area contributed by atoms with Gasteiger partial charge in [0.25, 0.3) is 5.91 Å². The van der Waals surface area contributed by atoms with Crippen LogP contribution in [0.3, 0.4) is 0 Å². The van der Waals surface area contributed by atoms with E-state index in [4.69, 9.17) is 10.5 Å². The molecule has 0 spiro atoms. The zero-order chi connectivity index (χ0) is 25.4. The number of rotatable bonds is 6. The fourth-order valence-electron chi connectivity index (χ4n) is 4.87. The summed E-state index contributed by atoms with van der Waals surface area (Å²) in [5.74, 6) is 8.03. The maximum Gasteiger partial charge on any atom is 0.255 e. The molecule has 1 aromatic carbocycles. The number of nitrogens with two attached hydrogens (primary N) is 1. The Bertz CT molecular complexity index is 1450. The minimum atomic E-state index is -0.661. The molecular formula is C26H28FN7O2. The van der Waals surface area contributed by atoms with Crippen LogP contribution in [0.5, 0.6) is 0 Å². The summed E-state index contributed by atoms with van der Waals surface area (Å²) in [6.45, 7) is 2.91. The average Bonchev–Trinajstić information content (AvgIpc) is 3.33. The summed E-state index contributed by atoms with van der Waals surface area (Å²) in [5.41, 5.74) is 7.71. The molecule has 1 saturated carbocycles. The molecule has 2 atom stereocenters. The Balaban J connectivity index is 1.52. The van der Waals surface area contributed by atoms with Crippen molar-refractivity contribution < 1.29 is 13.9 Å². The van der Waals surface area contributed by atoms with Crippen LogP contribution in [0.1, 0.15) is 59.9 Å². The molecule has 186 valence electrons. The highest BCUT2D eigenvalue weighted by Crippen LogP contribution is 2.37. The van der Waals surface area contributed by atoms with Crippen molar-refractivity contribution in [2.24, 2.45) is 5.73 Å². The number of anilines is 1. The number of ether oxygens (including phenoxy) is 1. The van der Waals surface area contributed by atoms with Crippen LogP contribution >= 0.6 is 0 Å². The Kier molecular flexibility index (Phi) is 6.29. The van der Waals surface area contributed by atoms with Crippen LogP contribution in [0.25, 0.3) is 11.0 Å². The number of imidazole rings is 1. The van der Waals surface area contributed by atoms with Crippen LogP contribution in [0.15, 0.2) is 18.5 Å². The number of nitrogens with zero attached hydrogens (tertiary/aromatic N) is 5. The molecule has 2 aromatic heterocycles.